The van der Waals surface area contributed by atoms with Gasteiger partial charge in [-0.25, -0.2) is 9.18 Å². The van der Waals surface area contributed by atoms with Gasteiger partial charge in [-0.1, -0.05) is 29.5 Å². The van der Waals surface area contributed by atoms with Crippen LogP contribution in [0.2, 0.25) is 0 Å². The van der Waals surface area contributed by atoms with Gasteiger partial charge in [0, 0.05) is 31.1 Å². The summed E-state index contributed by atoms with van der Waals surface area (Å²) >= 11 is 1.39. The lowest BCUT2D eigenvalue weighted by Crippen LogP contribution is -2.44. The van der Waals surface area contributed by atoms with Gasteiger partial charge >= 0.3 is 6.03 Å². The predicted molar refractivity (Wildman–Crippen MR) is 121 cm³/mol. The van der Waals surface area contributed by atoms with Crippen LogP contribution in [0.15, 0.2) is 42.5 Å². The van der Waals surface area contributed by atoms with Crippen LogP contribution in [0, 0.1) is 5.82 Å². The Morgan fingerprint density at radius 3 is 2.78 bits per heavy atom. The molecule has 0 bridgehead atoms. The van der Waals surface area contributed by atoms with Crippen molar-refractivity contribution < 1.29 is 18.7 Å². The first kappa shape index (κ1) is 22.0. The minimum absolute atomic E-state index is 0.0913. The number of amides is 2. The minimum atomic E-state index is -0.310. The molecule has 0 radical (unpaired) electrons. The van der Waals surface area contributed by atoms with E-state index in [1.165, 1.54) is 17.4 Å². The van der Waals surface area contributed by atoms with Crippen molar-refractivity contribution in [3.63, 3.8) is 0 Å². The van der Waals surface area contributed by atoms with Crippen LogP contribution in [0.4, 0.5) is 9.18 Å². The fourth-order valence-electron chi connectivity index (χ4n) is 3.79. The molecule has 2 amide bonds. The number of carbonyl (C=O) groups is 1. The van der Waals surface area contributed by atoms with E-state index in [0.29, 0.717) is 41.7 Å². The lowest BCUT2D eigenvalue weighted by molar-refractivity contribution is 0.179. The van der Waals surface area contributed by atoms with Crippen LogP contribution in [-0.2, 0) is 6.54 Å². The number of hydrogen-bond acceptors (Lipinski definition) is 6. The Kier molecular flexibility index (Phi) is 6.84. The van der Waals surface area contributed by atoms with Crippen LogP contribution in [0.5, 0.6) is 11.5 Å². The van der Waals surface area contributed by atoms with E-state index >= 15 is 0 Å². The number of methoxy groups -OCH3 is 2. The summed E-state index contributed by atoms with van der Waals surface area (Å²) in [5, 5.41) is 12.9. The van der Waals surface area contributed by atoms with Crippen molar-refractivity contribution in [1.82, 2.24) is 20.4 Å². The molecule has 0 saturated carbocycles. The number of halogens is 1. The van der Waals surface area contributed by atoms with Crippen molar-refractivity contribution in [2.45, 2.75) is 25.3 Å². The van der Waals surface area contributed by atoms with Crippen LogP contribution in [0.3, 0.4) is 0 Å². The molecule has 7 nitrogen and oxygen atoms in total. The standard InChI is InChI=1S/C23H25FN4O3S/c1-30-19-10-9-15(12-20(19)31-2)13-25-23(29)28-11-5-6-16(14-28)21-26-27-22(32-21)17-7-3-4-8-18(17)24/h3-4,7-10,12,16H,5-6,11,13-14H2,1-2H3,(H,25,29). The molecule has 4 rings (SSSR count). The molecule has 3 aromatic rings. The molecule has 1 fully saturated rings. The summed E-state index contributed by atoms with van der Waals surface area (Å²) in [4.78, 5) is 14.6. The fraction of sp³-hybridized carbons (Fsp3) is 0.348. The smallest absolute Gasteiger partial charge is 0.317 e. The van der Waals surface area contributed by atoms with Crippen LogP contribution < -0.4 is 14.8 Å². The molecule has 32 heavy (non-hydrogen) atoms. The Balaban J connectivity index is 1.38. The largest absolute Gasteiger partial charge is 0.493 e. The van der Waals surface area contributed by atoms with Crippen molar-refractivity contribution >= 4 is 17.4 Å². The number of nitrogens with one attached hydrogen (secondary N) is 1. The van der Waals surface area contributed by atoms with Crippen molar-refractivity contribution in [2.75, 3.05) is 27.3 Å². The number of carbonyl (C=O) groups excluding carboxylic acids is 1. The number of urea groups is 1. The highest BCUT2D eigenvalue weighted by Crippen LogP contribution is 2.33. The molecular formula is C23H25FN4O3S. The predicted octanol–water partition coefficient (Wildman–Crippen LogP) is 4.45. The molecule has 2 aromatic carbocycles. The Labute approximate surface area is 190 Å². The van der Waals surface area contributed by atoms with Crippen LogP contribution in [0.25, 0.3) is 10.6 Å². The molecule has 1 aliphatic rings. The van der Waals surface area contributed by atoms with E-state index in [1.54, 1.807) is 37.3 Å². The third-order valence-electron chi connectivity index (χ3n) is 5.49. The van der Waals surface area contributed by atoms with E-state index in [9.17, 15) is 9.18 Å². The molecule has 1 aliphatic heterocycles. The molecular weight excluding hydrogens is 431 g/mol. The van der Waals surface area contributed by atoms with Crippen molar-refractivity contribution in [3.05, 3.63) is 58.9 Å². The van der Waals surface area contributed by atoms with Gasteiger partial charge in [-0.2, -0.15) is 0 Å². The summed E-state index contributed by atoms with van der Waals surface area (Å²) in [6.45, 7) is 1.63. The quantitative estimate of drug-likeness (QED) is 0.593. The second-order valence-corrected chi connectivity index (χ2v) is 8.57. The molecule has 1 N–H and O–H groups in total. The average Bonchev–Trinajstić information content (AvgIpc) is 3.32. The number of rotatable bonds is 6. The highest BCUT2D eigenvalue weighted by molar-refractivity contribution is 7.14. The van der Waals surface area contributed by atoms with Gasteiger partial charge in [0.2, 0.25) is 0 Å². The molecule has 9 heteroatoms. The number of piperidine rings is 1. The maximum Gasteiger partial charge on any atom is 0.317 e. The van der Waals surface area contributed by atoms with Gasteiger partial charge in [-0.15, -0.1) is 10.2 Å². The molecule has 1 saturated heterocycles. The van der Waals surface area contributed by atoms with E-state index in [0.717, 1.165) is 23.4 Å². The SMILES string of the molecule is COc1ccc(CNC(=O)N2CCCC(c3nnc(-c4ccccc4F)s3)C2)cc1OC. The van der Waals surface area contributed by atoms with Gasteiger partial charge in [0.1, 0.15) is 10.8 Å². The summed E-state index contributed by atoms with van der Waals surface area (Å²) in [6, 6.07) is 12.0. The zero-order chi connectivity index (χ0) is 22.5. The number of benzene rings is 2. The molecule has 1 unspecified atom stereocenters. The molecule has 1 atom stereocenters. The van der Waals surface area contributed by atoms with Gasteiger partial charge in [0.05, 0.1) is 14.2 Å². The topological polar surface area (TPSA) is 76.6 Å². The zero-order valence-corrected chi connectivity index (χ0v) is 18.8. The molecule has 0 spiro atoms. The average molecular weight is 457 g/mol. The summed E-state index contributed by atoms with van der Waals surface area (Å²) in [5.74, 6) is 1.05. The third kappa shape index (κ3) is 4.83. The summed E-state index contributed by atoms with van der Waals surface area (Å²) in [7, 11) is 3.17. The summed E-state index contributed by atoms with van der Waals surface area (Å²) < 4.78 is 24.6. The normalized spacial score (nSPS) is 16.0. The van der Waals surface area contributed by atoms with Gasteiger partial charge in [0.25, 0.3) is 0 Å². The monoisotopic (exact) mass is 456 g/mol. The van der Waals surface area contributed by atoms with Crippen molar-refractivity contribution in [3.8, 4) is 22.1 Å². The first-order chi connectivity index (χ1) is 15.6. The maximum absolute atomic E-state index is 14.1. The Bertz CT molecular complexity index is 1090. The summed E-state index contributed by atoms with van der Waals surface area (Å²) in [6.07, 6.45) is 1.80. The van der Waals surface area contributed by atoms with Gasteiger partial charge in [-0.3, -0.25) is 0 Å². The fourth-order valence-corrected chi connectivity index (χ4v) is 4.78. The van der Waals surface area contributed by atoms with Crippen LogP contribution in [0.1, 0.15) is 29.3 Å². The van der Waals surface area contributed by atoms with Gasteiger partial charge in [-0.05, 0) is 42.7 Å². The van der Waals surface area contributed by atoms with Crippen LogP contribution in [-0.4, -0.2) is 48.4 Å². The van der Waals surface area contributed by atoms with E-state index in [4.69, 9.17) is 9.47 Å². The summed E-state index contributed by atoms with van der Waals surface area (Å²) in [5.41, 5.74) is 1.37. The first-order valence-electron chi connectivity index (χ1n) is 10.4. The second-order valence-electron chi connectivity index (χ2n) is 7.56. The lowest BCUT2D eigenvalue weighted by atomic mass is 9.99. The maximum atomic E-state index is 14.1. The van der Waals surface area contributed by atoms with E-state index in [1.807, 2.05) is 18.2 Å². The van der Waals surface area contributed by atoms with Crippen LogP contribution >= 0.6 is 11.3 Å². The molecule has 168 valence electrons. The number of hydrogen-bond donors (Lipinski definition) is 1. The number of likely N-dealkylation sites (tertiary alicyclic amines) is 1. The highest BCUT2D eigenvalue weighted by Gasteiger charge is 2.27. The number of aromatic nitrogens is 2. The van der Waals surface area contributed by atoms with Gasteiger partial charge < -0.3 is 19.7 Å². The molecule has 2 heterocycles. The Morgan fingerprint density at radius 2 is 2.00 bits per heavy atom. The van der Waals surface area contributed by atoms with Gasteiger partial charge in [0.15, 0.2) is 16.5 Å². The lowest BCUT2D eigenvalue weighted by Gasteiger charge is -2.31. The number of ether oxygens (including phenoxy) is 2. The molecule has 1 aromatic heterocycles. The van der Waals surface area contributed by atoms with Crippen molar-refractivity contribution in [1.29, 1.82) is 0 Å². The second kappa shape index (κ2) is 9.95. The molecule has 0 aliphatic carbocycles. The minimum Gasteiger partial charge on any atom is -0.493 e. The first-order valence-corrected chi connectivity index (χ1v) is 11.2. The van der Waals surface area contributed by atoms with E-state index in [2.05, 4.69) is 15.5 Å². The van der Waals surface area contributed by atoms with Crippen molar-refractivity contribution in [2.24, 2.45) is 0 Å². The number of nitrogens with zero attached hydrogens (tertiary/aromatic N) is 3. The zero-order valence-electron chi connectivity index (χ0n) is 18.0. The van der Waals surface area contributed by atoms with E-state index < -0.39 is 0 Å². The Hall–Kier alpha value is -3.20. The third-order valence-corrected chi connectivity index (χ3v) is 6.61. The highest BCUT2D eigenvalue weighted by atomic mass is 32.1. The Morgan fingerprint density at radius 1 is 1.19 bits per heavy atom. The van der Waals surface area contributed by atoms with E-state index in [-0.39, 0.29) is 17.8 Å².